The Morgan fingerprint density at radius 3 is 2.83 bits per heavy atom. The summed E-state index contributed by atoms with van der Waals surface area (Å²) in [6.07, 6.45) is 4.43. The molecule has 0 aliphatic heterocycles. The van der Waals surface area contributed by atoms with Crippen molar-refractivity contribution in [1.29, 1.82) is 0 Å². The highest BCUT2D eigenvalue weighted by Crippen LogP contribution is 2.34. The van der Waals surface area contributed by atoms with Crippen LogP contribution in [0.5, 0.6) is 0 Å². The molecule has 1 N–H and O–H groups in total. The minimum absolute atomic E-state index is 0.537. The van der Waals surface area contributed by atoms with Crippen LogP contribution in [0.2, 0.25) is 0 Å². The second-order valence-corrected chi connectivity index (χ2v) is 5.81. The Hall–Kier alpha value is -1.28. The van der Waals surface area contributed by atoms with Crippen molar-refractivity contribution in [1.82, 2.24) is 0 Å². The van der Waals surface area contributed by atoms with Crippen LogP contribution in [0.1, 0.15) is 37.0 Å². The molecule has 0 saturated carbocycles. The van der Waals surface area contributed by atoms with Crippen LogP contribution in [0.3, 0.4) is 0 Å². The summed E-state index contributed by atoms with van der Waals surface area (Å²) >= 11 is 6.20. The quantitative estimate of drug-likeness (QED) is 0.900. The molecule has 0 aromatic heterocycles. The highest BCUT2D eigenvalue weighted by atomic mass is 35.5. The SMILES string of the molecule is CC(C)(Cc1cccc2c1CCC=C2Cl)C(=O)O. The molecule has 1 aliphatic rings. The molecule has 0 heterocycles. The van der Waals surface area contributed by atoms with E-state index in [1.807, 2.05) is 24.3 Å². The number of carboxylic acid groups (broad SMARTS) is 1. The molecule has 0 spiro atoms. The summed E-state index contributed by atoms with van der Waals surface area (Å²) < 4.78 is 0. The second-order valence-electron chi connectivity index (χ2n) is 5.40. The van der Waals surface area contributed by atoms with Gasteiger partial charge in [0, 0.05) is 5.03 Å². The predicted octanol–water partition coefficient (Wildman–Crippen LogP) is 3.87. The van der Waals surface area contributed by atoms with Crippen LogP contribution in [0.25, 0.3) is 5.03 Å². The van der Waals surface area contributed by atoms with Crippen molar-refractivity contribution in [2.24, 2.45) is 5.41 Å². The zero-order chi connectivity index (χ0) is 13.3. The maximum Gasteiger partial charge on any atom is 0.309 e. The van der Waals surface area contributed by atoms with Gasteiger partial charge in [-0.2, -0.15) is 0 Å². The number of aliphatic carboxylic acids is 1. The van der Waals surface area contributed by atoms with Crippen LogP contribution in [-0.4, -0.2) is 11.1 Å². The molecule has 2 nitrogen and oxygen atoms in total. The molecular formula is C15H17ClO2. The van der Waals surface area contributed by atoms with Gasteiger partial charge in [0.25, 0.3) is 0 Å². The van der Waals surface area contributed by atoms with E-state index in [-0.39, 0.29) is 0 Å². The van der Waals surface area contributed by atoms with Crippen molar-refractivity contribution in [3.05, 3.63) is 41.0 Å². The van der Waals surface area contributed by atoms with Crippen LogP contribution >= 0.6 is 11.6 Å². The molecule has 96 valence electrons. The van der Waals surface area contributed by atoms with Gasteiger partial charge in [-0.15, -0.1) is 0 Å². The third-order valence-electron chi connectivity index (χ3n) is 3.46. The van der Waals surface area contributed by atoms with Gasteiger partial charge in [0.15, 0.2) is 0 Å². The van der Waals surface area contributed by atoms with Crippen molar-refractivity contribution in [3.8, 4) is 0 Å². The lowest BCUT2D eigenvalue weighted by Crippen LogP contribution is -2.27. The van der Waals surface area contributed by atoms with Gasteiger partial charge in [-0.05, 0) is 49.8 Å². The summed E-state index contributed by atoms with van der Waals surface area (Å²) in [5.74, 6) is -0.766. The van der Waals surface area contributed by atoms with Crippen molar-refractivity contribution in [2.45, 2.75) is 33.1 Å². The summed E-state index contributed by atoms with van der Waals surface area (Å²) in [6, 6.07) is 5.97. The van der Waals surface area contributed by atoms with E-state index < -0.39 is 11.4 Å². The number of carbonyl (C=O) groups is 1. The van der Waals surface area contributed by atoms with Gasteiger partial charge in [0.1, 0.15) is 0 Å². The van der Waals surface area contributed by atoms with E-state index in [0.29, 0.717) is 6.42 Å². The highest BCUT2D eigenvalue weighted by Gasteiger charge is 2.29. The average Bonchev–Trinajstić information content (AvgIpc) is 2.30. The van der Waals surface area contributed by atoms with Crippen LogP contribution in [0, 0.1) is 5.41 Å². The fourth-order valence-corrected chi connectivity index (χ4v) is 2.61. The van der Waals surface area contributed by atoms with Crippen LogP contribution in [0.4, 0.5) is 0 Å². The van der Waals surface area contributed by atoms with Crippen molar-refractivity contribution in [2.75, 3.05) is 0 Å². The fraction of sp³-hybridized carbons (Fsp3) is 0.400. The van der Waals surface area contributed by atoms with E-state index in [1.165, 1.54) is 5.56 Å². The van der Waals surface area contributed by atoms with Crippen molar-refractivity contribution < 1.29 is 9.90 Å². The Kier molecular flexibility index (Phi) is 3.49. The van der Waals surface area contributed by atoms with Crippen LogP contribution < -0.4 is 0 Å². The lowest BCUT2D eigenvalue weighted by atomic mass is 9.81. The monoisotopic (exact) mass is 264 g/mol. The third kappa shape index (κ3) is 2.44. The number of rotatable bonds is 3. The molecule has 3 heteroatoms. The maximum atomic E-state index is 11.2. The van der Waals surface area contributed by atoms with E-state index >= 15 is 0 Å². The summed E-state index contributed by atoms with van der Waals surface area (Å²) in [7, 11) is 0. The van der Waals surface area contributed by atoms with Gasteiger partial charge in [-0.3, -0.25) is 4.79 Å². The first-order valence-electron chi connectivity index (χ1n) is 6.12. The molecule has 2 rings (SSSR count). The van der Waals surface area contributed by atoms with E-state index in [2.05, 4.69) is 0 Å². The molecule has 0 unspecified atom stereocenters. The second kappa shape index (κ2) is 4.77. The van der Waals surface area contributed by atoms with E-state index in [0.717, 1.165) is 29.0 Å². The molecule has 0 atom stereocenters. The number of hydrogen-bond acceptors (Lipinski definition) is 1. The van der Waals surface area contributed by atoms with Gasteiger partial charge >= 0.3 is 5.97 Å². The average molecular weight is 265 g/mol. The molecule has 0 amide bonds. The Morgan fingerprint density at radius 2 is 2.17 bits per heavy atom. The zero-order valence-electron chi connectivity index (χ0n) is 10.7. The molecule has 1 aromatic carbocycles. The molecule has 1 aliphatic carbocycles. The Balaban J connectivity index is 2.39. The summed E-state index contributed by atoms with van der Waals surface area (Å²) in [6.45, 7) is 3.52. The lowest BCUT2D eigenvalue weighted by molar-refractivity contribution is -0.146. The zero-order valence-corrected chi connectivity index (χ0v) is 11.4. The number of allylic oxidation sites excluding steroid dienone is 1. The Bertz CT molecular complexity index is 515. The Labute approximate surface area is 112 Å². The highest BCUT2D eigenvalue weighted by molar-refractivity contribution is 6.49. The third-order valence-corrected chi connectivity index (χ3v) is 3.82. The molecule has 0 bridgehead atoms. The van der Waals surface area contributed by atoms with Crippen LogP contribution in [0.15, 0.2) is 24.3 Å². The first-order chi connectivity index (χ1) is 8.42. The van der Waals surface area contributed by atoms with E-state index in [4.69, 9.17) is 11.6 Å². The minimum Gasteiger partial charge on any atom is -0.481 e. The molecular weight excluding hydrogens is 248 g/mol. The number of benzene rings is 1. The van der Waals surface area contributed by atoms with Gasteiger partial charge in [0.05, 0.1) is 5.41 Å². The summed E-state index contributed by atoms with van der Waals surface area (Å²) in [4.78, 5) is 11.2. The van der Waals surface area contributed by atoms with E-state index in [1.54, 1.807) is 13.8 Å². The molecule has 0 fully saturated rings. The smallest absolute Gasteiger partial charge is 0.309 e. The largest absolute Gasteiger partial charge is 0.481 e. The van der Waals surface area contributed by atoms with Crippen molar-refractivity contribution >= 4 is 22.6 Å². The normalized spacial score (nSPS) is 14.9. The molecule has 18 heavy (non-hydrogen) atoms. The van der Waals surface area contributed by atoms with Gasteiger partial charge in [-0.25, -0.2) is 0 Å². The topological polar surface area (TPSA) is 37.3 Å². The first-order valence-corrected chi connectivity index (χ1v) is 6.50. The number of hydrogen-bond donors (Lipinski definition) is 1. The lowest BCUT2D eigenvalue weighted by Gasteiger charge is -2.23. The number of fused-ring (bicyclic) bond motifs is 1. The van der Waals surface area contributed by atoms with Gasteiger partial charge in [-0.1, -0.05) is 35.9 Å². The summed E-state index contributed by atoms with van der Waals surface area (Å²) in [5, 5.41) is 10.0. The van der Waals surface area contributed by atoms with E-state index in [9.17, 15) is 9.90 Å². The first kappa shape index (κ1) is 13.2. The minimum atomic E-state index is -0.766. The molecule has 0 saturated heterocycles. The fourth-order valence-electron chi connectivity index (χ4n) is 2.32. The van der Waals surface area contributed by atoms with Crippen LogP contribution in [-0.2, 0) is 17.6 Å². The molecule has 1 aromatic rings. The summed E-state index contributed by atoms with van der Waals surface area (Å²) in [5.41, 5.74) is 2.62. The standard InChI is InChI=1S/C15H17ClO2/c1-15(2,14(17)18)9-10-5-3-7-12-11(10)6-4-8-13(12)16/h3,5,7-8H,4,6,9H2,1-2H3,(H,17,18). The molecule has 0 radical (unpaired) electrons. The Morgan fingerprint density at radius 1 is 1.44 bits per heavy atom. The van der Waals surface area contributed by atoms with Crippen molar-refractivity contribution in [3.63, 3.8) is 0 Å². The number of carboxylic acids is 1. The van der Waals surface area contributed by atoms with Gasteiger partial charge in [0.2, 0.25) is 0 Å². The predicted molar refractivity (Wildman–Crippen MR) is 73.7 cm³/mol. The number of halogens is 1. The maximum absolute atomic E-state index is 11.2. The van der Waals surface area contributed by atoms with Gasteiger partial charge < -0.3 is 5.11 Å².